The molecule has 0 spiro atoms. The van der Waals surface area contributed by atoms with E-state index in [4.69, 9.17) is 5.26 Å². The zero-order valence-electron chi connectivity index (χ0n) is 22.0. The molecule has 0 aliphatic heterocycles. The average Bonchev–Trinajstić information content (AvgIpc) is 3.34. The number of hydrogen-bond acceptors (Lipinski definition) is 8. The van der Waals surface area contributed by atoms with Crippen LogP contribution in [0.25, 0.3) is 12.2 Å². The number of fused-ring (bicyclic) bond motifs is 4. The van der Waals surface area contributed by atoms with E-state index in [9.17, 15) is 22.6 Å². The van der Waals surface area contributed by atoms with E-state index >= 15 is 0 Å². The first-order chi connectivity index (χ1) is 17.7. The predicted molar refractivity (Wildman–Crippen MR) is 144 cm³/mol. The number of carbonyl (C=O) groups excluding carboxylic acids is 2. The molecule has 0 radical (unpaired) electrons. The van der Waals surface area contributed by atoms with Gasteiger partial charge in [0.05, 0.1) is 16.6 Å². The molecule has 4 fully saturated rings. The van der Waals surface area contributed by atoms with Gasteiger partial charge in [-0.15, -0.1) is 4.33 Å². The highest BCUT2D eigenvalue weighted by Gasteiger charge is 2.68. The number of rotatable bonds is 8. The molecule has 0 aromatic heterocycles. The fourth-order valence-electron chi connectivity index (χ4n) is 8.07. The van der Waals surface area contributed by atoms with Crippen LogP contribution in [0, 0.1) is 33.5 Å². The molecule has 206 valence electrons. The molecule has 4 saturated carbocycles. The summed E-state index contributed by atoms with van der Waals surface area (Å²) in [6.07, 6.45) is 6.63. The largest absolute Gasteiger partial charge is 0.294 e. The Bertz CT molecular complexity index is 1340. The Hall–Kier alpha value is -1.82. The van der Waals surface area contributed by atoms with E-state index in [1.165, 1.54) is 0 Å². The molecular formula is C28H34O8S2. The van der Waals surface area contributed by atoms with Gasteiger partial charge in [0.25, 0.3) is 10.1 Å². The molecule has 1 aromatic rings. The molecule has 4 unspecified atom stereocenters. The third-order valence-electron chi connectivity index (χ3n) is 10.5. The molecule has 4 bridgehead atoms. The Morgan fingerprint density at radius 2 is 1.34 bits per heavy atom. The summed E-state index contributed by atoms with van der Waals surface area (Å²) < 4.78 is 37.7. The molecule has 0 amide bonds. The van der Waals surface area contributed by atoms with Crippen molar-refractivity contribution in [1.29, 1.82) is 0 Å². The first-order valence-corrected chi connectivity index (χ1v) is 15.4. The number of Topliss-reactive ketones (excluding diaryl/α,β-unsaturated/α-hetero) is 2. The minimum atomic E-state index is -4.30. The van der Waals surface area contributed by atoms with E-state index in [2.05, 4.69) is 23.2 Å². The molecule has 8 nitrogen and oxygen atoms in total. The van der Waals surface area contributed by atoms with Crippen LogP contribution >= 0.6 is 12.0 Å². The number of hydrogen-bond donors (Lipinski definition) is 2. The van der Waals surface area contributed by atoms with Crippen molar-refractivity contribution in [2.45, 2.75) is 53.4 Å². The van der Waals surface area contributed by atoms with Crippen molar-refractivity contribution >= 4 is 45.9 Å². The zero-order valence-corrected chi connectivity index (χ0v) is 23.7. The van der Waals surface area contributed by atoms with Gasteiger partial charge in [-0.25, -0.2) is 5.26 Å². The lowest BCUT2D eigenvalue weighted by Gasteiger charge is -2.34. The van der Waals surface area contributed by atoms with Crippen LogP contribution in [-0.4, -0.2) is 41.3 Å². The van der Waals surface area contributed by atoms with Gasteiger partial charge in [-0.1, -0.05) is 57.0 Å². The van der Waals surface area contributed by atoms with E-state index < -0.39 is 32.1 Å². The van der Waals surface area contributed by atoms with Crippen LogP contribution in [0.4, 0.5) is 0 Å². The fourth-order valence-corrected chi connectivity index (χ4v) is 10.3. The highest BCUT2D eigenvalue weighted by atomic mass is 32.2. The highest BCUT2D eigenvalue weighted by Crippen LogP contribution is 2.67. The third kappa shape index (κ3) is 3.90. The minimum Gasteiger partial charge on any atom is -0.294 e. The predicted octanol–water partition coefficient (Wildman–Crippen LogP) is 5.42. The van der Waals surface area contributed by atoms with Gasteiger partial charge in [-0.2, -0.15) is 8.42 Å². The van der Waals surface area contributed by atoms with Gasteiger partial charge in [0.2, 0.25) is 0 Å². The van der Waals surface area contributed by atoms with Crippen molar-refractivity contribution in [3.63, 3.8) is 0 Å². The molecule has 38 heavy (non-hydrogen) atoms. The van der Waals surface area contributed by atoms with Crippen LogP contribution in [0.3, 0.4) is 0 Å². The van der Waals surface area contributed by atoms with E-state index in [0.717, 1.165) is 41.6 Å². The lowest BCUT2D eigenvalue weighted by atomic mass is 9.70. The summed E-state index contributed by atoms with van der Waals surface area (Å²) in [5, 5.41) is 12.2. The van der Waals surface area contributed by atoms with Gasteiger partial charge in [0.1, 0.15) is 0 Å². The second-order valence-corrected chi connectivity index (χ2v) is 14.6. The van der Waals surface area contributed by atoms with Crippen LogP contribution in [0.2, 0.25) is 0 Å². The summed E-state index contributed by atoms with van der Waals surface area (Å²) in [5.74, 6) is -0.169. The summed E-state index contributed by atoms with van der Waals surface area (Å²) in [4.78, 5) is 27.0. The number of benzene rings is 1. The number of allylic oxidation sites excluding steroid dienone is 2. The van der Waals surface area contributed by atoms with E-state index in [1.807, 2.05) is 50.3 Å². The lowest BCUT2D eigenvalue weighted by Crippen LogP contribution is -2.42. The Kier molecular flexibility index (Phi) is 6.65. The lowest BCUT2D eigenvalue weighted by molar-refractivity contribution is -0.432. The maximum atomic E-state index is 13.6. The van der Waals surface area contributed by atoms with E-state index in [0.29, 0.717) is 24.2 Å². The van der Waals surface area contributed by atoms with E-state index in [-0.39, 0.29) is 28.8 Å². The van der Waals surface area contributed by atoms with Crippen molar-refractivity contribution in [3.8, 4) is 0 Å². The Labute approximate surface area is 227 Å². The fraction of sp³-hybridized carbons (Fsp3) is 0.571. The second kappa shape index (κ2) is 9.11. The zero-order chi connectivity index (χ0) is 27.7. The quantitative estimate of drug-likeness (QED) is 0.107. The molecule has 4 aliphatic rings. The minimum absolute atomic E-state index is 0.0679. The van der Waals surface area contributed by atoms with Crippen LogP contribution in [0.1, 0.15) is 64.5 Å². The van der Waals surface area contributed by atoms with Crippen molar-refractivity contribution in [3.05, 3.63) is 46.5 Å². The normalized spacial score (nSPS) is 35.2. The van der Waals surface area contributed by atoms with Crippen LogP contribution < -0.4 is 0 Å². The maximum absolute atomic E-state index is 13.6. The molecule has 10 heteroatoms. The summed E-state index contributed by atoms with van der Waals surface area (Å²) in [6, 6.07) is 7.66. The van der Waals surface area contributed by atoms with Crippen LogP contribution in [0.15, 0.2) is 35.4 Å². The average molecular weight is 563 g/mol. The monoisotopic (exact) mass is 562 g/mol. The van der Waals surface area contributed by atoms with Gasteiger partial charge in [-0.05, 0) is 71.6 Å². The number of carbonyl (C=O) groups is 2. The Morgan fingerprint density at radius 3 is 1.82 bits per heavy atom. The number of ketones is 2. The van der Waals surface area contributed by atoms with Crippen molar-refractivity contribution < 1.29 is 37.2 Å². The molecule has 5 rings (SSSR count). The van der Waals surface area contributed by atoms with Crippen LogP contribution in [0.5, 0.6) is 0 Å². The van der Waals surface area contributed by atoms with Gasteiger partial charge < -0.3 is 0 Å². The summed E-state index contributed by atoms with van der Waals surface area (Å²) >= 11 is 0.938. The molecule has 4 atom stereocenters. The van der Waals surface area contributed by atoms with Gasteiger partial charge >= 0.3 is 0 Å². The molecule has 1 aromatic carbocycles. The topological polar surface area (TPSA) is 127 Å². The first kappa shape index (κ1) is 27.7. The van der Waals surface area contributed by atoms with E-state index in [1.54, 1.807) is 0 Å². The third-order valence-corrected chi connectivity index (χ3v) is 12.1. The summed E-state index contributed by atoms with van der Waals surface area (Å²) in [5.41, 5.74) is 0.647. The maximum Gasteiger partial charge on any atom is 0.265 e. The van der Waals surface area contributed by atoms with Crippen molar-refractivity contribution in [2.24, 2.45) is 33.5 Å². The smallest absolute Gasteiger partial charge is 0.265 e. The Balaban J connectivity index is 1.40. The Morgan fingerprint density at radius 1 is 0.895 bits per heavy atom. The highest BCUT2D eigenvalue weighted by molar-refractivity contribution is 7.94. The summed E-state index contributed by atoms with van der Waals surface area (Å²) in [6.45, 7) is 8.07. The van der Waals surface area contributed by atoms with Gasteiger partial charge in [0.15, 0.2) is 11.6 Å². The SMILES string of the molecule is CC1(C)C2CCC1(CS(=O)(=O)O)C(=O)/C2=C\c1ccc(/C=C2/C(=O)C3(CSOOO)CCC2C3(C)C)cc1. The van der Waals surface area contributed by atoms with Crippen LogP contribution in [-0.2, 0) is 29.1 Å². The molecule has 4 aliphatic carbocycles. The summed E-state index contributed by atoms with van der Waals surface area (Å²) in [7, 11) is -4.30. The van der Waals surface area contributed by atoms with Gasteiger partial charge in [0, 0.05) is 28.9 Å². The first-order valence-electron chi connectivity index (χ1n) is 12.9. The van der Waals surface area contributed by atoms with Gasteiger partial charge in [-0.3, -0.25) is 14.1 Å². The molecular weight excluding hydrogens is 528 g/mol. The molecule has 0 saturated heterocycles. The molecule has 0 heterocycles. The second-order valence-electron chi connectivity index (χ2n) is 12.4. The molecule has 2 N–H and O–H groups in total. The van der Waals surface area contributed by atoms with Crippen molar-refractivity contribution in [2.75, 3.05) is 11.5 Å². The standard InChI is InChI=1S/C28H34O8S2/c1-25(2)21-9-11-27(25,15-37-36-35-31)23(29)19(21)13-17-5-7-18(8-6-17)14-20-22-10-12-28(24(20)30,26(22,3)4)16-38(32,33)34/h5-8,13-14,21-22,31H,9-12,15-16H2,1-4H3,(H,32,33,34)/b19-13+,20-14-. The van der Waals surface area contributed by atoms with Crippen molar-refractivity contribution in [1.82, 2.24) is 0 Å².